The number of piperazine rings is 1. The number of carboxylic acid groups (broad SMARTS) is 1. The molecule has 2 aliphatic heterocycles. The first-order valence-corrected chi connectivity index (χ1v) is 17.2. The van der Waals surface area contributed by atoms with Gasteiger partial charge in [-0.2, -0.15) is 0 Å². The number of Topliss-reactive ketones (excluding diaryl/α,β-unsaturated/α-hetero) is 1. The Balaban J connectivity index is 1.29. The van der Waals surface area contributed by atoms with Gasteiger partial charge in [0.2, 0.25) is 11.8 Å². The number of carbonyl (C=O) groups excluding carboxylic acids is 3. The second kappa shape index (κ2) is 14.2. The molecule has 2 N–H and O–H groups in total. The van der Waals surface area contributed by atoms with Crippen molar-refractivity contribution >= 4 is 63.4 Å². The number of hydrogen-bond acceptors (Lipinski definition) is 7. The average Bonchev–Trinajstić information content (AvgIpc) is 3.73. The van der Waals surface area contributed by atoms with E-state index in [0.29, 0.717) is 68.7 Å². The Bertz CT molecular complexity index is 1730. The van der Waals surface area contributed by atoms with E-state index >= 15 is 0 Å². The van der Waals surface area contributed by atoms with Crippen LogP contribution in [-0.4, -0.2) is 99.7 Å². The molecule has 3 aliphatic rings. The minimum atomic E-state index is -1.54. The number of carboxylic acids is 1. The quantitative estimate of drug-likeness (QED) is 0.302. The van der Waals surface area contributed by atoms with E-state index in [4.69, 9.17) is 27.9 Å². The molecule has 3 heterocycles. The number of likely N-dealkylation sites (N-methyl/N-ethyl adjacent to an activating group) is 1. The Morgan fingerprint density at radius 1 is 0.958 bits per heavy atom. The van der Waals surface area contributed by atoms with E-state index in [9.17, 15) is 24.3 Å². The lowest BCUT2D eigenvalue weighted by Gasteiger charge is -2.51. The van der Waals surface area contributed by atoms with Crippen LogP contribution in [0.1, 0.15) is 54.4 Å². The monoisotopic (exact) mass is 697 g/mol. The van der Waals surface area contributed by atoms with Crippen LogP contribution < -0.4 is 5.32 Å². The summed E-state index contributed by atoms with van der Waals surface area (Å²) in [7, 11) is 3.62. The number of rotatable bonds is 10. The van der Waals surface area contributed by atoms with Crippen molar-refractivity contribution < 1.29 is 29.0 Å². The minimum absolute atomic E-state index is 0.0108. The van der Waals surface area contributed by atoms with Crippen molar-refractivity contribution in [1.82, 2.24) is 19.3 Å². The lowest BCUT2D eigenvalue weighted by Crippen LogP contribution is -2.71. The standard InChI is InChI=1S/C35H41Cl2N5O6/c1-39-15-16-42(21-32(39)44)35(41-13-5-6-14-41,48-24-11-9-22(10-12-24)34(46)47)31(43)18-23-17-28(37)29(19-27(23)36)38-33(45)26-20-40(2)30-8-4-3-7-25(26)30/h3-4,7-8,17,19-20,22,24H,5-6,9-16,18,21H2,1-2H3,(H,38,45)(H,46,47)/t22-,24-,35?. The maximum absolute atomic E-state index is 14.8. The Kier molecular flexibility index (Phi) is 10.1. The Labute approximate surface area is 289 Å². The summed E-state index contributed by atoms with van der Waals surface area (Å²) >= 11 is 13.5. The predicted octanol–water partition coefficient (Wildman–Crippen LogP) is 5.03. The predicted molar refractivity (Wildman–Crippen MR) is 183 cm³/mol. The molecule has 6 rings (SSSR count). The van der Waals surface area contributed by atoms with E-state index in [1.807, 2.05) is 45.7 Å². The number of fused-ring (bicyclic) bond motifs is 1. The maximum atomic E-state index is 14.8. The summed E-state index contributed by atoms with van der Waals surface area (Å²) in [6.45, 7) is 2.11. The molecule has 48 heavy (non-hydrogen) atoms. The normalized spacial score (nSPS) is 22.2. The molecular formula is C35H41Cl2N5O6. The van der Waals surface area contributed by atoms with Crippen LogP contribution in [-0.2, 0) is 32.6 Å². The molecule has 11 nitrogen and oxygen atoms in total. The molecule has 2 aromatic carbocycles. The van der Waals surface area contributed by atoms with Crippen LogP contribution in [0.4, 0.5) is 5.69 Å². The number of nitrogens with one attached hydrogen (secondary N) is 1. The lowest BCUT2D eigenvalue weighted by atomic mass is 9.87. The van der Waals surface area contributed by atoms with Gasteiger partial charge in [0.15, 0.2) is 5.78 Å². The lowest BCUT2D eigenvalue weighted by molar-refractivity contribution is -0.258. The Hall–Kier alpha value is -3.48. The summed E-state index contributed by atoms with van der Waals surface area (Å²) in [6.07, 6.45) is 4.95. The maximum Gasteiger partial charge on any atom is 0.306 e. The van der Waals surface area contributed by atoms with E-state index in [0.717, 1.165) is 23.7 Å². The van der Waals surface area contributed by atoms with Gasteiger partial charge in [-0.1, -0.05) is 41.4 Å². The van der Waals surface area contributed by atoms with Crippen molar-refractivity contribution in [1.29, 1.82) is 0 Å². The zero-order valence-corrected chi connectivity index (χ0v) is 28.7. The number of benzene rings is 2. The second-order valence-corrected chi connectivity index (χ2v) is 13.9. The topological polar surface area (TPSA) is 124 Å². The first-order chi connectivity index (χ1) is 23.0. The van der Waals surface area contributed by atoms with Gasteiger partial charge in [-0.3, -0.25) is 24.1 Å². The van der Waals surface area contributed by atoms with Crippen LogP contribution >= 0.6 is 23.2 Å². The van der Waals surface area contributed by atoms with Crippen LogP contribution in [0.15, 0.2) is 42.6 Å². The fourth-order valence-electron chi connectivity index (χ4n) is 7.28. The number of amides is 2. The summed E-state index contributed by atoms with van der Waals surface area (Å²) in [6, 6.07) is 10.8. The zero-order valence-electron chi connectivity index (χ0n) is 27.2. The van der Waals surface area contributed by atoms with Crippen LogP contribution in [0.25, 0.3) is 10.9 Å². The zero-order chi connectivity index (χ0) is 34.2. The first kappa shape index (κ1) is 34.4. The number of ether oxygens (including phenoxy) is 1. The fourth-order valence-corrected chi connectivity index (χ4v) is 7.75. The van der Waals surface area contributed by atoms with Gasteiger partial charge in [0, 0.05) is 68.8 Å². The molecule has 1 unspecified atom stereocenters. The first-order valence-electron chi connectivity index (χ1n) is 16.5. The highest BCUT2D eigenvalue weighted by Gasteiger charge is 2.54. The van der Waals surface area contributed by atoms with Crippen LogP contribution in [0.5, 0.6) is 0 Å². The third-order valence-electron chi connectivity index (χ3n) is 10.0. The number of para-hydroxylation sites is 1. The van der Waals surface area contributed by atoms with E-state index in [-0.39, 0.29) is 46.7 Å². The third-order valence-corrected chi connectivity index (χ3v) is 10.7. The molecule has 2 saturated heterocycles. The fraction of sp³-hybridized carbons (Fsp3) is 0.486. The molecular weight excluding hydrogens is 657 g/mol. The number of hydrogen-bond donors (Lipinski definition) is 2. The molecule has 0 spiro atoms. The van der Waals surface area contributed by atoms with E-state index < -0.39 is 17.7 Å². The van der Waals surface area contributed by atoms with Gasteiger partial charge in [-0.15, -0.1) is 0 Å². The van der Waals surface area contributed by atoms with E-state index in [1.165, 1.54) is 0 Å². The van der Waals surface area contributed by atoms with Crippen molar-refractivity contribution in [2.75, 3.05) is 45.1 Å². The average molecular weight is 699 g/mol. The number of likely N-dealkylation sites (tertiary alicyclic amines) is 1. The number of ketones is 1. The van der Waals surface area contributed by atoms with Gasteiger partial charge in [-0.05, 0) is 62.3 Å². The number of aliphatic carboxylic acids is 1. The van der Waals surface area contributed by atoms with Crippen molar-refractivity contribution in [3.05, 3.63) is 63.8 Å². The molecule has 256 valence electrons. The number of nitrogens with zero attached hydrogens (tertiary/aromatic N) is 4. The van der Waals surface area contributed by atoms with Crippen molar-refractivity contribution in [2.45, 2.75) is 56.9 Å². The molecule has 0 bridgehead atoms. The van der Waals surface area contributed by atoms with Crippen LogP contribution in [0.3, 0.4) is 0 Å². The van der Waals surface area contributed by atoms with Crippen LogP contribution in [0.2, 0.25) is 10.0 Å². The number of carbonyl (C=O) groups is 4. The van der Waals surface area contributed by atoms with Crippen LogP contribution in [0, 0.1) is 5.92 Å². The summed E-state index contributed by atoms with van der Waals surface area (Å²) in [4.78, 5) is 58.3. The summed E-state index contributed by atoms with van der Waals surface area (Å²) < 4.78 is 8.77. The minimum Gasteiger partial charge on any atom is -0.481 e. The van der Waals surface area contributed by atoms with Crippen molar-refractivity contribution in [2.24, 2.45) is 13.0 Å². The number of aryl methyl sites for hydroxylation is 1. The molecule has 1 saturated carbocycles. The Morgan fingerprint density at radius 3 is 2.35 bits per heavy atom. The van der Waals surface area contributed by atoms with Gasteiger partial charge in [-0.25, -0.2) is 4.90 Å². The second-order valence-electron chi connectivity index (χ2n) is 13.1. The SMILES string of the molecule is CN1CCN(C(O[C@H]2CC[C@H](C(=O)O)CC2)(C(=O)Cc2cc(Cl)c(NC(=O)c3cn(C)c4ccccc34)cc2Cl)N2CCCC2)CC1=O. The summed E-state index contributed by atoms with van der Waals surface area (Å²) in [5.74, 6) is -3.51. The van der Waals surface area contributed by atoms with Gasteiger partial charge in [0.1, 0.15) is 0 Å². The molecule has 13 heteroatoms. The number of halogens is 2. The van der Waals surface area contributed by atoms with Crippen molar-refractivity contribution in [3.63, 3.8) is 0 Å². The highest BCUT2D eigenvalue weighted by Crippen LogP contribution is 2.38. The van der Waals surface area contributed by atoms with Gasteiger partial charge in [0.05, 0.1) is 34.8 Å². The molecule has 1 aliphatic carbocycles. The van der Waals surface area contributed by atoms with Gasteiger partial charge >= 0.3 is 5.97 Å². The van der Waals surface area contributed by atoms with Crippen molar-refractivity contribution in [3.8, 4) is 0 Å². The molecule has 3 fully saturated rings. The van der Waals surface area contributed by atoms with Gasteiger partial charge in [0.25, 0.3) is 5.91 Å². The largest absolute Gasteiger partial charge is 0.481 e. The third kappa shape index (κ3) is 6.71. The van der Waals surface area contributed by atoms with E-state index in [2.05, 4.69) is 5.32 Å². The molecule has 3 aromatic rings. The highest BCUT2D eigenvalue weighted by molar-refractivity contribution is 6.36. The molecule has 1 atom stereocenters. The summed E-state index contributed by atoms with van der Waals surface area (Å²) in [5.41, 5.74) is 2.20. The highest BCUT2D eigenvalue weighted by atomic mass is 35.5. The number of anilines is 1. The molecule has 2 amide bonds. The molecule has 1 aromatic heterocycles. The molecule has 0 radical (unpaired) electrons. The Morgan fingerprint density at radius 2 is 1.67 bits per heavy atom. The smallest absolute Gasteiger partial charge is 0.306 e. The van der Waals surface area contributed by atoms with Gasteiger partial charge < -0.3 is 24.6 Å². The number of aromatic nitrogens is 1. The van der Waals surface area contributed by atoms with E-state index in [1.54, 1.807) is 30.3 Å². The summed E-state index contributed by atoms with van der Waals surface area (Å²) in [5, 5.41) is 13.7.